The Morgan fingerprint density at radius 2 is 2.07 bits per heavy atom. The van der Waals surface area contributed by atoms with Crippen LogP contribution >= 0.6 is 0 Å². The van der Waals surface area contributed by atoms with E-state index in [4.69, 9.17) is 0 Å². The molecule has 79 valence electrons. The number of ketones is 1. The first-order chi connectivity index (χ1) is 7.16. The zero-order chi connectivity index (χ0) is 10.8. The average Bonchev–Trinajstić information content (AvgIpc) is 2.16. The highest BCUT2D eigenvalue weighted by Crippen LogP contribution is 2.34. The largest absolute Gasteiger partial charge is 0.299 e. The van der Waals surface area contributed by atoms with Gasteiger partial charge in [0.1, 0.15) is 11.6 Å². The SMILES string of the molecule is CC1[CH]C(=O)CC(c2ccccc2F)C1. The molecule has 0 spiro atoms. The molecule has 1 aliphatic carbocycles. The minimum atomic E-state index is -0.190. The number of carbonyl (C=O) groups is 1. The number of Topliss-reactive ketones (excluding diaryl/α,β-unsaturated/α-hetero) is 1. The van der Waals surface area contributed by atoms with Gasteiger partial charge in [0.25, 0.3) is 0 Å². The van der Waals surface area contributed by atoms with Crippen molar-refractivity contribution < 1.29 is 9.18 Å². The van der Waals surface area contributed by atoms with Crippen LogP contribution in [0.15, 0.2) is 24.3 Å². The smallest absolute Gasteiger partial charge is 0.137 e. The maximum Gasteiger partial charge on any atom is 0.137 e. The second-order valence-electron chi connectivity index (χ2n) is 4.27. The summed E-state index contributed by atoms with van der Waals surface area (Å²) in [5, 5.41) is 0. The van der Waals surface area contributed by atoms with Crippen molar-refractivity contribution >= 4 is 5.78 Å². The van der Waals surface area contributed by atoms with E-state index in [-0.39, 0.29) is 23.4 Å². The van der Waals surface area contributed by atoms with Crippen LogP contribution < -0.4 is 0 Å². The van der Waals surface area contributed by atoms with Crippen LogP contribution in [0.1, 0.15) is 31.2 Å². The topological polar surface area (TPSA) is 17.1 Å². The van der Waals surface area contributed by atoms with Crippen molar-refractivity contribution in [3.63, 3.8) is 0 Å². The summed E-state index contributed by atoms with van der Waals surface area (Å²) in [5.41, 5.74) is 0.686. The third-order valence-corrected chi connectivity index (χ3v) is 2.92. The Morgan fingerprint density at radius 1 is 1.33 bits per heavy atom. The molecule has 0 aliphatic heterocycles. The Morgan fingerprint density at radius 3 is 2.73 bits per heavy atom. The number of carbonyl (C=O) groups excluding carboxylic acids is 1. The van der Waals surface area contributed by atoms with E-state index >= 15 is 0 Å². The van der Waals surface area contributed by atoms with Gasteiger partial charge in [-0.15, -0.1) is 0 Å². The third kappa shape index (κ3) is 2.25. The Balaban J connectivity index is 2.23. The Kier molecular flexibility index (Phi) is 2.85. The van der Waals surface area contributed by atoms with Crippen molar-refractivity contribution in [2.75, 3.05) is 0 Å². The van der Waals surface area contributed by atoms with Gasteiger partial charge in [0.05, 0.1) is 0 Å². The molecule has 2 heteroatoms. The number of halogens is 1. The molecule has 0 heterocycles. The summed E-state index contributed by atoms with van der Waals surface area (Å²) in [6.45, 7) is 2.00. The van der Waals surface area contributed by atoms with E-state index in [9.17, 15) is 9.18 Å². The van der Waals surface area contributed by atoms with Gasteiger partial charge in [-0.25, -0.2) is 4.39 Å². The Labute approximate surface area is 89.3 Å². The normalized spacial score (nSPS) is 26.7. The molecular formula is C13H14FO. The lowest BCUT2D eigenvalue weighted by molar-refractivity contribution is -0.117. The zero-order valence-corrected chi connectivity index (χ0v) is 8.74. The van der Waals surface area contributed by atoms with Gasteiger partial charge in [0.2, 0.25) is 0 Å². The summed E-state index contributed by atoms with van der Waals surface area (Å²) in [4.78, 5) is 11.4. The quantitative estimate of drug-likeness (QED) is 0.688. The number of hydrogen-bond acceptors (Lipinski definition) is 1. The van der Waals surface area contributed by atoms with Gasteiger partial charge in [-0.05, 0) is 29.9 Å². The van der Waals surface area contributed by atoms with Gasteiger partial charge >= 0.3 is 0 Å². The second-order valence-corrected chi connectivity index (χ2v) is 4.27. The van der Waals surface area contributed by atoms with Crippen LogP contribution in [0, 0.1) is 18.2 Å². The van der Waals surface area contributed by atoms with Crippen molar-refractivity contribution in [1.29, 1.82) is 0 Å². The van der Waals surface area contributed by atoms with Crippen LogP contribution in [0.2, 0.25) is 0 Å². The van der Waals surface area contributed by atoms with E-state index in [0.29, 0.717) is 12.0 Å². The third-order valence-electron chi connectivity index (χ3n) is 2.92. The van der Waals surface area contributed by atoms with Crippen LogP contribution in [-0.2, 0) is 4.79 Å². The molecule has 1 fully saturated rings. The maximum atomic E-state index is 13.5. The average molecular weight is 205 g/mol. The highest BCUT2D eigenvalue weighted by Gasteiger charge is 2.27. The van der Waals surface area contributed by atoms with Gasteiger partial charge in [-0.1, -0.05) is 25.1 Å². The molecule has 0 bridgehead atoms. The predicted octanol–water partition coefficient (Wildman–Crippen LogP) is 3.11. The minimum absolute atomic E-state index is 0.0544. The van der Waals surface area contributed by atoms with Gasteiger partial charge in [0.15, 0.2) is 0 Å². The standard InChI is InChI=1S/C13H14FO/c1-9-6-10(8-11(15)7-9)12-4-2-3-5-13(12)14/h2-5,7,9-10H,6,8H2,1H3. The van der Waals surface area contributed by atoms with E-state index in [1.165, 1.54) is 6.07 Å². The molecule has 15 heavy (non-hydrogen) atoms. The molecule has 2 rings (SSSR count). The molecule has 2 atom stereocenters. The fraction of sp³-hybridized carbons (Fsp3) is 0.385. The highest BCUT2D eigenvalue weighted by molar-refractivity contribution is 5.88. The first-order valence-corrected chi connectivity index (χ1v) is 5.29. The van der Waals surface area contributed by atoms with Gasteiger partial charge in [-0.3, -0.25) is 4.79 Å². The summed E-state index contributed by atoms with van der Waals surface area (Å²) >= 11 is 0. The van der Waals surface area contributed by atoms with Crippen molar-refractivity contribution in [2.45, 2.75) is 25.7 Å². The lowest BCUT2D eigenvalue weighted by atomic mass is 9.78. The molecule has 2 unspecified atom stereocenters. The number of hydrogen-bond donors (Lipinski definition) is 0. The Hall–Kier alpha value is -1.18. The van der Waals surface area contributed by atoms with Gasteiger partial charge < -0.3 is 0 Å². The van der Waals surface area contributed by atoms with Gasteiger partial charge in [-0.2, -0.15) is 0 Å². The summed E-state index contributed by atoms with van der Waals surface area (Å²) < 4.78 is 13.5. The van der Waals surface area contributed by atoms with E-state index in [0.717, 1.165) is 6.42 Å². The molecule has 0 amide bonds. The van der Waals surface area contributed by atoms with Crippen molar-refractivity contribution in [2.24, 2.45) is 5.92 Å². The molecular weight excluding hydrogens is 191 g/mol. The number of rotatable bonds is 1. The maximum absolute atomic E-state index is 13.5. The van der Waals surface area contributed by atoms with E-state index in [1.807, 2.05) is 13.0 Å². The highest BCUT2D eigenvalue weighted by atomic mass is 19.1. The van der Waals surface area contributed by atoms with Crippen LogP contribution in [0.25, 0.3) is 0 Å². The fourth-order valence-electron chi connectivity index (χ4n) is 2.27. The minimum Gasteiger partial charge on any atom is -0.299 e. The molecule has 0 aromatic heterocycles. The van der Waals surface area contributed by atoms with Crippen LogP contribution in [0.3, 0.4) is 0 Å². The molecule has 1 aromatic rings. The fourth-order valence-corrected chi connectivity index (χ4v) is 2.27. The van der Waals surface area contributed by atoms with Crippen molar-refractivity contribution in [3.05, 3.63) is 42.1 Å². The summed E-state index contributed by atoms with van der Waals surface area (Å²) in [7, 11) is 0. The molecule has 1 nitrogen and oxygen atoms in total. The number of benzene rings is 1. The summed E-state index contributed by atoms with van der Waals surface area (Å²) in [6, 6.07) is 6.75. The molecule has 1 radical (unpaired) electrons. The van der Waals surface area contributed by atoms with E-state index in [2.05, 4.69) is 0 Å². The Bertz CT molecular complexity index is 373. The van der Waals surface area contributed by atoms with Crippen LogP contribution in [0.4, 0.5) is 4.39 Å². The monoisotopic (exact) mass is 205 g/mol. The molecule has 0 N–H and O–H groups in total. The van der Waals surface area contributed by atoms with Crippen LogP contribution in [0.5, 0.6) is 0 Å². The lowest BCUT2D eigenvalue weighted by Crippen LogP contribution is -2.21. The van der Waals surface area contributed by atoms with Gasteiger partial charge in [0, 0.05) is 12.8 Å². The lowest BCUT2D eigenvalue weighted by Gasteiger charge is -2.26. The molecule has 1 aliphatic rings. The van der Waals surface area contributed by atoms with Crippen molar-refractivity contribution in [1.82, 2.24) is 0 Å². The zero-order valence-electron chi connectivity index (χ0n) is 8.74. The molecule has 1 aromatic carbocycles. The molecule has 0 saturated heterocycles. The van der Waals surface area contributed by atoms with E-state index in [1.54, 1.807) is 18.6 Å². The van der Waals surface area contributed by atoms with E-state index < -0.39 is 0 Å². The predicted molar refractivity (Wildman–Crippen MR) is 56.8 cm³/mol. The second kappa shape index (κ2) is 4.13. The summed E-state index contributed by atoms with van der Waals surface area (Å²) in [5.74, 6) is 0.265. The molecule has 1 saturated carbocycles. The first-order valence-electron chi connectivity index (χ1n) is 5.29. The van der Waals surface area contributed by atoms with Crippen molar-refractivity contribution in [3.8, 4) is 0 Å². The van der Waals surface area contributed by atoms with Crippen LogP contribution in [-0.4, -0.2) is 5.78 Å². The first kappa shape index (κ1) is 10.3. The summed E-state index contributed by atoms with van der Waals surface area (Å²) in [6.07, 6.45) is 3.06.